The summed E-state index contributed by atoms with van der Waals surface area (Å²) < 4.78 is 0. The van der Waals surface area contributed by atoms with Gasteiger partial charge in [-0.05, 0) is 18.8 Å². The van der Waals surface area contributed by atoms with Crippen LogP contribution in [0.25, 0.3) is 0 Å². The Hall–Kier alpha value is -0.730. The molecule has 0 aromatic rings. The summed E-state index contributed by atoms with van der Waals surface area (Å²) in [7, 11) is 3.85. The third kappa shape index (κ3) is 0.930. The maximum Gasteiger partial charge on any atom is 0.320 e. The maximum atomic E-state index is 11.6. The van der Waals surface area contributed by atoms with E-state index in [4.69, 9.17) is 0 Å². The summed E-state index contributed by atoms with van der Waals surface area (Å²) in [6.07, 6.45) is 3.69. The Balaban J connectivity index is 2.21. The summed E-state index contributed by atoms with van der Waals surface area (Å²) >= 11 is 0. The number of nitrogens with zero attached hydrogens (tertiary/aromatic N) is 2. The van der Waals surface area contributed by atoms with Crippen LogP contribution >= 0.6 is 0 Å². The summed E-state index contributed by atoms with van der Waals surface area (Å²) in [5, 5.41) is 0. The largest absolute Gasteiger partial charge is 0.325 e. The molecule has 2 amide bonds. The van der Waals surface area contributed by atoms with E-state index in [2.05, 4.69) is 6.92 Å². The minimum Gasteiger partial charge on any atom is -0.325 e. The van der Waals surface area contributed by atoms with Crippen molar-refractivity contribution in [2.75, 3.05) is 20.6 Å². The van der Waals surface area contributed by atoms with Crippen molar-refractivity contribution < 1.29 is 4.79 Å². The number of likely N-dealkylation sites (N-methyl/N-ethyl adjacent to an activating group) is 2. The lowest BCUT2D eigenvalue weighted by molar-refractivity contribution is 0.0243. The van der Waals surface area contributed by atoms with Gasteiger partial charge in [0.2, 0.25) is 0 Å². The number of carbonyl (C=O) groups excluding carboxylic acids is 1. The number of carbonyl (C=O) groups is 1. The van der Waals surface area contributed by atoms with Crippen molar-refractivity contribution >= 4 is 6.03 Å². The van der Waals surface area contributed by atoms with E-state index in [9.17, 15) is 4.79 Å². The number of hydrogen-bond donors (Lipinski definition) is 0. The predicted molar refractivity (Wildman–Crippen MR) is 51.5 cm³/mol. The molecule has 1 heterocycles. The normalized spacial score (nSPS) is 38.7. The van der Waals surface area contributed by atoms with Crippen LogP contribution in [-0.4, -0.2) is 42.0 Å². The van der Waals surface area contributed by atoms with Crippen LogP contribution < -0.4 is 0 Å². The lowest BCUT2D eigenvalue weighted by Crippen LogP contribution is -2.57. The van der Waals surface area contributed by atoms with E-state index in [1.165, 1.54) is 19.3 Å². The monoisotopic (exact) mass is 182 g/mol. The zero-order chi connectivity index (χ0) is 9.64. The molecule has 2 atom stereocenters. The summed E-state index contributed by atoms with van der Waals surface area (Å²) in [4.78, 5) is 15.4. The fraction of sp³-hybridized carbons (Fsp3) is 0.900. The van der Waals surface area contributed by atoms with Gasteiger partial charge in [0.15, 0.2) is 0 Å². The Bertz CT molecular complexity index is 239. The molecule has 1 saturated heterocycles. The van der Waals surface area contributed by atoms with Crippen LogP contribution in [0, 0.1) is 5.92 Å². The van der Waals surface area contributed by atoms with Gasteiger partial charge >= 0.3 is 6.03 Å². The van der Waals surface area contributed by atoms with E-state index in [0.717, 1.165) is 12.5 Å². The van der Waals surface area contributed by atoms with Gasteiger partial charge in [-0.1, -0.05) is 13.3 Å². The standard InChI is InChI=1S/C10H18N2O/c1-4-8-5-6-10(8)7-11(2)9(13)12(10)3/h8H,4-7H2,1-3H3. The third-order valence-electron chi connectivity index (χ3n) is 3.97. The van der Waals surface area contributed by atoms with Crippen molar-refractivity contribution in [1.29, 1.82) is 0 Å². The van der Waals surface area contributed by atoms with Crippen molar-refractivity contribution in [1.82, 2.24) is 9.80 Å². The molecule has 2 aliphatic rings. The molecule has 1 aliphatic carbocycles. The van der Waals surface area contributed by atoms with Crippen molar-refractivity contribution in [3.05, 3.63) is 0 Å². The number of amides is 2. The molecular formula is C10H18N2O. The highest BCUT2D eigenvalue weighted by molar-refractivity contribution is 5.78. The third-order valence-corrected chi connectivity index (χ3v) is 3.97. The van der Waals surface area contributed by atoms with E-state index in [-0.39, 0.29) is 11.6 Å². The Morgan fingerprint density at radius 1 is 1.54 bits per heavy atom. The molecule has 2 rings (SSSR count). The number of hydrogen-bond acceptors (Lipinski definition) is 1. The molecule has 1 aliphatic heterocycles. The Morgan fingerprint density at radius 2 is 2.23 bits per heavy atom. The predicted octanol–water partition coefficient (Wildman–Crippen LogP) is 1.54. The Morgan fingerprint density at radius 3 is 2.54 bits per heavy atom. The second-order valence-electron chi connectivity index (χ2n) is 4.45. The second kappa shape index (κ2) is 2.63. The van der Waals surface area contributed by atoms with Crippen LogP contribution in [0.5, 0.6) is 0 Å². The first-order valence-electron chi connectivity index (χ1n) is 5.10. The quantitative estimate of drug-likeness (QED) is 0.603. The molecule has 3 heteroatoms. The van der Waals surface area contributed by atoms with Crippen molar-refractivity contribution in [3.63, 3.8) is 0 Å². The minimum absolute atomic E-state index is 0.193. The van der Waals surface area contributed by atoms with Crippen molar-refractivity contribution in [2.24, 2.45) is 5.92 Å². The topological polar surface area (TPSA) is 23.6 Å². The van der Waals surface area contributed by atoms with Gasteiger partial charge in [0.05, 0.1) is 5.54 Å². The molecule has 2 fully saturated rings. The van der Waals surface area contributed by atoms with Crippen LogP contribution in [-0.2, 0) is 0 Å². The fourth-order valence-corrected chi connectivity index (χ4v) is 2.95. The molecule has 1 saturated carbocycles. The first kappa shape index (κ1) is 8.85. The molecule has 0 bridgehead atoms. The van der Waals surface area contributed by atoms with Crippen LogP contribution in [0.15, 0.2) is 0 Å². The molecule has 13 heavy (non-hydrogen) atoms. The first-order chi connectivity index (χ1) is 6.12. The summed E-state index contributed by atoms with van der Waals surface area (Å²) in [6.45, 7) is 3.16. The second-order valence-corrected chi connectivity index (χ2v) is 4.45. The summed E-state index contributed by atoms with van der Waals surface area (Å²) in [6, 6.07) is 0.193. The van der Waals surface area contributed by atoms with Gasteiger partial charge in [-0.2, -0.15) is 0 Å². The highest BCUT2D eigenvalue weighted by Gasteiger charge is 2.55. The molecule has 0 aromatic carbocycles. The molecule has 1 spiro atoms. The average Bonchev–Trinajstić information content (AvgIpc) is 2.31. The SMILES string of the molecule is CCC1CCC12CN(C)C(=O)N2C. The van der Waals surface area contributed by atoms with Gasteiger partial charge in [0.25, 0.3) is 0 Å². The Labute approximate surface area is 79.7 Å². The van der Waals surface area contributed by atoms with E-state index in [1.807, 2.05) is 23.9 Å². The zero-order valence-corrected chi connectivity index (χ0v) is 8.71. The molecule has 0 N–H and O–H groups in total. The van der Waals surface area contributed by atoms with Gasteiger partial charge in [0.1, 0.15) is 0 Å². The average molecular weight is 182 g/mol. The number of urea groups is 1. The zero-order valence-electron chi connectivity index (χ0n) is 8.71. The van der Waals surface area contributed by atoms with Crippen LogP contribution in [0.3, 0.4) is 0 Å². The highest BCUT2D eigenvalue weighted by Crippen LogP contribution is 2.48. The smallest absolute Gasteiger partial charge is 0.320 e. The molecule has 0 radical (unpaired) electrons. The molecular weight excluding hydrogens is 164 g/mol. The molecule has 3 nitrogen and oxygen atoms in total. The lowest BCUT2D eigenvalue weighted by atomic mass is 9.65. The fourth-order valence-electron chi connectivity index (χ4n) is 2.95. The van der Waals surface area contributed by atoms with Crippen molar-refractivity contribution in [2.45, 2.75) is 31.7 Å². The molecule has 74 valence electrons. The van der Waals surface area contributed by atoms with Crippen LogP contribution in [0.4, 0.5) is 4.79 Å². The molecule has 0 aromatic heterocycles. The van der Waals surface area contributed by atoms with Crippen molar-refractivity contribution in [3.8, 4) is 0 Å². The van der Waals surface area contributed by atoms with E-state index in [0.29, 0.717) is 0 Å². The summed E-state index contributed by atoms with van der Waals surface area (Å²) in [5.41, 5.74) is 0.195. The first-order valence-corrected chi connectivity index (χ1v) is 5.10. The van der Waals surface area contributed by atoms with Gasteiger partial charge in [0, 0.05) is 20.6 Å². The van der Waals surface area contributed by atoms with Gasteiger partial charge < -0.3 is 9.80 Å². The van der Waals surface area contributed by atoms with E-state index in [1.54, 1.807) is 0 Å². The van der Waals surface area contributed by atoms with E-state index >= 15 is 0 Å². The summed E-state index contributed by atoms with van der Waals surface area (Å²) in [5.74, 6) is 0.728. The van der Waals surface area contributed by atoms with Crippen LogP contribution in [0.1, 0.15) is 26.2 Å². The number of rotatable bonds is 1. The van der Waals surface area contributed by atoms with Crippen LogP contribution in [0.2, 0.25) is 0 Å². The minimum atomic E-state index is 0.193. The Kier molecular flexibility index (Phi) is 1.79. The highest BCUT2D eigenvalue weighted by atomic mass is 16.2. The van der Waals surface area contributed by atoms with Gasteiger partial charge in [-0.3, -0.25) is 0 Å². The van der Waals surface area contributed by atoms with Gasteiger partial charge in [-0.25, -0.2) is 4.79 Å². The lowest BCUT2D eigenvalue weighted by Gasteiger charge is -2.50. The maximum absolute atomic E-state index is 11.6. The van der Waals surface area contributed by atoms with Gasteiger partial charge in [-0.15, -0.1) is 0 Å². The van der Waals surface area contributed by atoms with E-state index < -0.39 is 0 Å². The molecule has 2 unspecified atom stereocenters.